The molecule has 1 heterocycles. The van der Waals surface area contributed by atoms with E-state index in [-0.39, 0.29) is 7.92 Å². The Labute approximate surface area is 327 Å². The zero-order chi connectivity index (χ0) is 35.8. The molecule has 1 aromatic heterocycles. The van der Waals surface area contributed by atoms with Crippen molar-refractivity contribution in [2.24, 2.45) is 0 Å². The van der Waals surface area contributed by atoms with Crippen molar-refractivity contribution < 1.29 is 13.5 Å². The van der Waals surface area contributed by atoms with E-state index in [0.717, 1.165) is 28.3 Å². The SMILES string of the molecule is C1CCC([PH+](C2CCCCC2)C2CCCCC2)CC1.[Cl][Ru]([Cl])=[CH]c1ccccc1.c1ccc(-c2nn(-c3ccccc3)[cH+]n2-c2ccccc2)cc1. The number of rotatable bonds is 7. The quantitative estimate of drug-likeness (QED) is 0.0909. The monoisotopic (exact) mass is 841 g/mol. The molecule has 0 N–H and O–H groups in total. The Morgan fingerprint density at radius 3 is 1.38 bits per heavy atom. The van der Waals surface area contributed by atoms with Crippen molar-refractivity contribution in [3.05, 3.63) is 133 Å². The molecule has 0 aliphatic heterocycles. The van der Waals surface area contributed by atoms with E-state index in [0.29, 0.717) is 0 Å². The number of halogens is 2. The molecule has 0 saturated heterocycles. The Morgan fingerprint density at radius 1 is 0.538 bits per heavy atom. The molecule has 8 rings (SSSR count). The van der Waals surface area contributed by atoms with Crippen LogP contribution in [0.3, 0.4) is 0 Å². The van der Waals surface area contributed by atoms with Gasteiger partial charge in [0.25, 0.3) is 0 Å². The first kappa shape index (κ1) is 39.2. The van der Waals surface area contributed by atoms with Crippen molar-refractivity contribution in [2.45, 2.75) is 113 Å². The molecule has 0 unspecified atom stereocenters. The first-order valence-corrected chi connectivity index (χ1v) is 26.8. The summed E-state index contributed by atoms with van der Waals surface area (Å²) < 4.78 is 5.95. The van der Waals surface area contributed by atoms with E-state index < -0.39 is 13.5 Å². The molecule has 4 aromatic carbocycles. The van der Waals surface area contributed by atoms with Gasteiger partial charge in [0.1, 0.15) is 11.4 Å². The third-order valence-electron chi connectivity index (χ3n) is 11.0. The molecule has 3 fully saturated rings. The number of aromatic nitrogens is 3. The molecule has 0 atom stereocenters. The molecule has 0 amide bonds. The molecule has 7 heteroatoms. The van der Waals surface area contributed by atoms with Gasteiger partial charge in [0.05, 0.1) is 22.5 Å². The maximum atomic E-state index is 5.67. The number of benzene rings is 4. The summed E-state index contributed by atoms with van der Waals surface area (Å²) in [6.45, 7) is 0. The largest absolute Gasteiger partial charge is 0.246 e. The minimum absolute atomic E-state index is 0.0465. The molecule has 276 valence electrons. The molecule has 0 radical (unpaired) electrons. The maximum Gasteiger partial charge on any atom is 0.246 e. The summed E-state index contributed by atoms with van der Waals surface area (Å²) in [5.74, 6) is 0.917. The normalized spacial score (nSPS) is 17.3. The van der Waals surface area contributed by atoms with E-state index in [1.165, 1.54) is 17.0 Å². The molecule has 0 spiro atoms. The molecule has 5 aromatic rings. The second-order valence-corrected chi connectivity index (χ2v) is 23.7. The van der Waals surface area contributed by atoms with E-state index in [4.69, 9.17) is 24.5 Å². The van der Waals surface area contributed by atoms with Crippen LogP contribution in [0.25, 0.3) is 22.8 Å². The van der Waals surface area contributed by atoms with Crippen molar-refractivity contribution in [2.75, 3.05) is 0 Å². The first-order valence-electron chi connectivity index (χ1n) is 19.6. The molecule has 3 aliphatic carbocycles. The average Bonchev–Trinajstić information content (AvgIpc) is 3.67. The summed E-state index contributed by atoms with van der Waals surface area (Å²) in [7, 11) is 11.3. The van der Waals surface area contributed by atoms with E-state index in [1.54, 1.807) is 96.3 Å². The summed E-state index contributed by atoms with van der Waals surface area (Å²) in [5.41, 5.74) is 8.02. The first-order chi connectivity index (χ1) is 25.7. The van der Waals surface area contributed by atoms with Crippen LogP contribution in [-0.2, 0) is 13.5 Å². The summed E-state index contributed by atoms with van der Waals surface area (Å²) in [5, 5.41) is 4.81. The second kappa shape index (κ2) is 21.4. The molecule has 3 nitrogen and oxygen atoms in total. The minimum atomic E-state index is -1.61. The van der Waals surface area contributed by atoms with Gasteiger partial charge in [-0.25, -0.2) is 0 Å². The summed E-state index contributed by atoms with van der Waals surface area (Å²) in [6, 6.07) is 40.6. The molecule has 3 aliphatic rings. The van der Waals surface area contributed by atoms with Crippen LogP contribution in [0.5, 0.6) is 0 Å². The zero-order valence-electron chi connectivity index (χ0n) is 30.5. The standard InChI is InChI=1S/C20H16N3.C18H33P.C7H6.2ClH.Ru/c1-4-10-17(11-5-1)20-21-23(19-14-8-3-9-15-19)16-22(20)18-12-6-2-7-13-18;1-4-10-16(11-5-1)19(17-12-6-2-7-13-17)18-14-8-3-9-15-18;1-7-5-3-2-4-6-7;;;/h1-16H;16-18H,1-15H2;1-6H;2*1H;/q+1;;;;;+2/p-1. The van der Waals surface area contributed by atoms with Crippen LogP contribution >= 0.6 is 27.3 Å². The van der Waals surface area contributed by atoms with Gasteiger partial charge in [-0.1, -0.05) is 79.0 Å². The van der Waals surface area contributed by atoms with Gasteiger partial charge in [0.15, 0.2) is 6.33 Å². The van der Waals surface area contributed by atoms with Gasteiger partial charge in [-0.3, -0.25) is 0 Å². The number of hydrogen-bond acceptors (Lipinski definition) is 1. The van der Waals surface area contributed by atoms with Gasteiger partial charge in [-0.05, 0) is 89.2 Å². The van der Waals surface area contributed by atoms with Gasteiger partial charge in [0, 0.05) is 32.2 Å². The summed E-state index contributed by atoms with van der Waals surface area (Å²) in [6.07, 6.45) is 25.8. The summed E-state index contributed by atoms with van der Waals surface area (Å²) >= 11 is -1.61. The molecule has 52 heavy (non-hydrogen) atoms. The fraction of sp³-hybridized carbons (Fsp3) is 0.400. The Balaban J connectivity index is 0.000000144. The Morgan fingerprint density at radius 2 is 0.942 bits per heavy atom. The van der Waals surface area contributed by atoms with Crippen molar-refractivity contribution in [3.63, 3.8) is 0 Å². The predicted molar refractivity (Wildman–Crippen MR) is 225 cm³/mol. The van der Waals surface area contributed by atoms with E-state index in [1.807, 2.05) is 101 Å². The van der Waals surface area contributed by atoms with Crippen molar-refractivity contribution in [1.29, 1.82) is 0 Å². The predicted octanol–water partition coefficient (Wildman–Crippen LogP) is 13.6. The van der Waals surface area contributed by atoms with Crippen LogP contribution in [-0.4, -0.2) is 35.9 Å². The number of hydrogen-bond donors (Lipinski definition) is 0. The Kier molecular flexibility index (Phi) is 16.2. The Bertz CT molecular complexity index is 1650. The van der Waals surface area contributed by atoms with Gasteiger partial charge < -0.3 is 0 Å². The van der Waals surface area contributed by atoms with Gasteiger partial charge in [-0.2, -0.15) is 4.57 Å². The van der Waals surface area contributed by atoms with Crippen LogP contribution in [0.4, 0.5) is 0 Å². The molecular weight excluding hydrogens is 785 g/mol. The zero-order valence-corrected chi connectivity index (χ0v) is 34.7. The van der Waals surface area contributed by atoms with E-state index >= 15 is 0 Å². The second-order valence-electron chi connectivity index (χ2n) is 14.5. The van der Waals surface area contributed by atoms with Gasteiger partial charge >= 0.3 is 73.4 Å². The van der Waals surface area contributed by atoms with E-state index in [9.17, 15) is 0 Å². The van der Waals surface area contributed by atoms with Gasteiger partial charge in [-0.15, -0.1) is 4.68 Å². The van der Waals surface area contributed by atoms with Crippen LogP contribution in [0.1, 0.15) is 102 Å². The Hall–Kier alpha value is -2.48. The summed E-state index contributed by atoms with van der Waals surface area (Å²) in [4.78, 5) is 0. The number of nitrogens with zero attached hydrogens (tertiary/aromatic N) is 3. The van der Waals surface area contributed by atoms with Crippen LogP contribution in [0.2, 0.25) is 0 Å². The smallest absolute Gasteiger partial charge is 0.165 e. The number of para-hydroxylation sites is 2. The molecular formula is C45H56Cl2N3PRu+2. The minimum Gasteiger partial charge on any atom is -0.165 e. The maximum absolute atomic E-state index is 5.67. The average molecular weight is 842 g/mol. The van der Waals surface area contributed by atoms with Crippen LogP contribution in [0, 0.1) is 0 Å². The van der Waals surface area contributed by atoms with Crippen molar-refractivity contribution in [3.8, 4) is 22.8 Å². The topological polar surface area (TPSA) is 22.8 Å². The fourth-order valence-corrected chi connectivity index (χ4v) is 15.6. The third-order valence-corrected chi connectivity index (χ3v) is 17.4. The van der Waals surface area contributed by atoms with Gasteiger partial charge in [0.2, 0.25) is 5.82 Å². The van der Waals surface area contributed by atoms with Crippen LogP contribution in [0.15, 0.2) is 128 Å². The van der Waals surface area contributed by atoms with Crippen molar-refractivity contribution >= 4 is 31.9 Å². The fourth-order valence-electron chi connectivity index (χ4n) is 8.52. The van der Waals surface area contributed by atoms with E-state index in [2.05, 4.69) is 41.0 Å². The third kappa shape index (κ3) is 11.8. The van der Waals surface area contributed by atoms with Crippen molar-refractivity contribution in [1.82, 2.24) is 14.3 Å². The molecule has 0 bridgehead atoms. The molecule has 3 saturated carbocycles. The van der Waals surface area contributed by atoms with Crippen LogP contribution < -0.4 is 0 Å².